The smallest absolute Gasteiger partial charge is 0.326 e. The first-order valence-electron chi connectivity index (χ1n) is 9.93. The van der Waals surface area contributed by atoms with Gasteiger partial charge in [0.15, 0.2) is 0 Å². The van der Waals surface area contributed by atoms with Crippen LogP contribution >= 0.6 is 0 Å². The topological polar surface area (TPSA) is 66.8 Å². The van der Waals surface area contributed by atoms with Crippen molar-refractivity contribution in [3.8, 4) is 11.5 Å². The van der Waals surface area contributed by atoms with Crippen molar-refractivity contribution in [2.45, 2.75) is 50.0 Å². The molecule has 5 nitrogen and oxygen atoms in total. The SMILES string of the molecule is O=C(O)[C@@H]1CCCN1C(=O)CCC1(c2ccc(Oc3ccccc3)cc2)CC1. The fraction of sp³-hybridized carbons (Fsp3) is 0.391. The summed E-state index contributed by atoms with van der Waals surface area (Å²) in [6.45, 7) is 0.564. The second kappa shape index (κ2) is 7.66. The molecular formula is C23H25NO4. The van der Waals surface area contributed by atoms with Gasteiger partial charge in [-0.25, -0.2) is 4.79 Å². The highest BCUT2D eigenvalue weighted by Crippen LogP contribution is 2.52. The van der Waals surface area contributed by atoms with Gasteiger partial charge in [-0.15, -0.1) is 0 Å². The van der Waals surface area contributed by atoms with Gasteiger partial charge in [0, 0.05) is 13.0 Å². The van der Waals surface area contributed by atoms with E-state index >= 15 is 0 Å². The van der Waals surface area contributed by atoms with E-state index in [9.17, 15) is 14.7 Å². The number of carbonyl (C=O) groups is 2. The van der Waals surface area contributed by atoms with E-state index in [1.165, 1.54) is 5.56 Å². The van der Waals surface area contributed by atoms with Gasteiger partial charge >= 0.3 is 5.97 Å². The van der Waals surface area contributed by atoms with Gasteiger partial charge in [0.05, 0.1) is 0 Å². The molecule has 2 fully saturated rings. The Kier molecular flexibility index (Phi) is 5.07. The number of amides is 1. The number of para-hydroxylation sites is 1. The normalized spacial score (nSPS) is 20.0. The molecule has 1 heterocycles. The maximum Gasteiger partial charge on any atom is 0.326 e. The number of hydrogen-bond acceptors (Lipinski definition) is 3. The molecular weight excluding hydrogens is 354 g/mol. The van der Waals surface area contributed by atoms with Gasteiger partial charge < -0.3 is 14.7 Å². The van der Waals surface area contributed by atoms with Crippen molar-refractivity contribution >= 4 is 11.9 Å². The molecule has 4 rings (SSSR count). The number of rotatable bonds is 7. The Morgan fingerprint density at radius 2 is 1.71 bits per heavy atom. The molecule has 1 N–H and O–H groups in total. The Morgan fingerprint density at radius 1 is 1.04 bits per heavy atom. The van der Waals surface area contributed by atoms with Gasteiger partial charge in [-0.3, -0.25) is 4.79 Å². The molecule has 28 heavy (non-hydrogen) atoms. The monoisotopic (exact) mass is 379 g/mol. The number of carbonyl (C=O) groups excluding carboxylic acids is 1. The van der Waals surface area contributed by atoms with E-state index in [0.29, 0.717) is 19.4 Å². The Hall–Kier alpha value is -2.82. The summed E-state index contributed by atoms with van der Waals surface area (Å²) in [6, 6.07) is 17.2. The standard InChI is InChI=1S/C23H25NO4/c25-21(24-16-4-7-20(24)22(26)27)12-13-23(14-15-23)17-8-10-19(11-9-17)28-18-5-2-1-3-6-18/h1-3,5-6,8-11,20H,4,7,12-16H2,(H,26,27)/t20-/m0/s1. The van der Waals surface area contributed by atoms with E-state index in [-0.39, 0.29) is 11.3 Å². The Balaban J connectivity index is 1.36. The molecule has 2 aliphatic rings. The highest BCUT2D eigenvalue weighted by atomic mass is 16.5. The number of ether oxygens (including phenoxy) is 1. The van der Waals surface area contributed by atoms with Crippen molar-refractivity contribution in [2.24, 2.45) is 0 Å². The summed E-state index contributed by atoms with van der Waals surface area (Å²) in [4.78, 5) is 25.4. The van der Waals surface area contributed by atoms with Crippen LogP contribution in [-0.4, -0.2) is 34.5 Å². The molecule has 0 unspecified atom stereocenters. The van der Waals surface area contributed by atoms with Crippen LogP contribution in [-0.2, 0) is 15.0 Å². The minimum atomic E-state index is -0.888. The van der Waals surface area contributed by atoms with Crippen LogP contribution in [0.3, 0.4) is 0 Å². The average molecular weight is 379 g/mol. The predicted molar refractivity (Wildman–Crippen MR) is 105 cm³/mol. The highest BCUT2D eigenvalue weighted by Gasteiger charge is 2.44. The number of carboxylic acids is 1. The fourth-order valence-electron chi connectivity index (χ4n) is 4.15. The zero-order chi connectivity index (χ0) is 19.6. The molecule has 5 heteroatoms. The van der Waals surface area contributed by atoms with Crippen molar-refractivity contribution in [2.75, 3.05) is 6.54 Å². The molecule has 1 saturated heterocycles. The second-order valence-corrected chi connectivity index (χ2v) is 7.80. The molecule has 2 aromatic carbocycles. The highest BCUT2D eigenvalue weighted by molar-refractivity contribution is 5.84. The Labute approximate surface area is 164 Å². The molecule has 1 saturated carbocycles. The van der Waals surface area contributed by atoms with Crippen molar-refractivity contribution in [1.29, 1.82) is 0 Å². The zero-order valence-electron chi connectivity index (χ0n) is 15.8. The van der Waals surface area contributed by atoms with Crippen LogP contribution in [0.1, 0.15) is 44.1 Å². The summed E-state index contributed by atoms with van der Waals surface area (Å²) in [5.41, 5.74) is 1.29. The van der Waals surface area contributed by atoms with Crippen molar-refractivity contribution < 1.29 is 19.4 Å². The van der Waals surface area contributed by atoms with Crippen LogP contribution in [0.5, 0.6) is 11.5 Å². The number of nitrogens with zero attached hydrogens (tertiary/aromatic N) is 1. The third-order valence-corrected chi connectivity index (χ3v) is 5.97. The van der Waals surface area contributed by atoms with Crippen LogP contribution in [0.15, 0.2) is 54.6 Å². The maximum atomic E-state index is 12.6. The summed E-state index contributed by atoms with van der Waals surface area (Å²) < 4.78 is 5.85. The van der Waals surface area contributed by atoms with Crippen LogP contribution in [0, 0.1) is 0 Å². The van der Waals surface area contributed by atoms with E-state index in [0.717, 1.165) is 37.2 Å². The molecule has 0 spiro atoms. The second-order valence-electron chi connectivity index (χ2n) is 7.80. The largest absolute Gasteiger partial charge is 0.480 e. The van der Waals surface area contributed by atoms with Crippen LogP contribution in [0.4, 0.5) is 0 Å². The number of aliphatic carboxylic acids is 1. The zero-order valence-corrected chi connectivity index (χ0v) is 15.8. The van der Waals surface area contributed by atoms with E-state index in [2.05, 4.69) is 12.1 Å². The summed E-state index contributed by atoms with van der Waals surface area (Å²) in [5.74, 6) is 0.685. The van der Waals surface area contributed by atoms with Crippen LogP contribution < -0.4 is 4.74 Å². The van der Waals surface area contributed by atoms with E-state index in [1.54, 1.807) is 4.90 Å². The number of benzene rings is 2. The predicted octanol–water partition coefficient (Wildman–Crippen LogP) is 4.37. The number of carboxylic acid groups (broad SMARTS) is 1. The lowest BCUT2D eigenvalue weighted by Crippen LogP contribution is -2.40. The van der Waals surface area contributed by atoms with Gasteiger partial charge in [0.1, 0.15) is 17.5 Å². The number of hydrogen-bond donors (Lipinski definition) is 1. The maximum absolute atomic E-state index is 12.6. The third kappa shape index (κ3) is 3.88. The van der Waals surface area contributed by atoms with Gasteiger partial charge in [0.25, 0.3) is 0 Å². The molecule has 1 aliphatic heterocycles. The Bertz CT molecular complexity index is 843. The van der Waals surface area contributed by atoms with Crippen LogP contribution in [0.2, 0.25) is 0 Å². The van der Waals surface area contributed by atoms with Crippen LogP contribution in [0.25, 0.3) is 0 Å². The molecule has 146 valence electrons. The first-order chi connectivity index (χ1) is 13.6. The van der Waals surface area contributed by atoms with Gasteiger partial charge in [-0.2, -0.15) is 0 Å². The first-order valence-corrected chi connectivity index (χ1v) is 9.93. The quantitative estimate of drug-likeness (QED) is 0.776. The van der Waals surface area contributed by atoms with Crippen molar-refractivity contribution in [1.82, 2.24) is 4.90 Å². The molecule has 1 atom stereocenters. The minimum Gasteiger partial charge on any atom is -0.480 e. The summed E-state index contributed by atoms with van der Waals surface area (Å²) in [7, 11) is 0. The molecule has 0 aromatic heterocycles. The van der Waals surface area contributed by atoms with Gasteiger partial charge in [-0.1, -0.05) is 30.3 Å². The van der Waals surface area contributed by atoms with E-state index < -0.39 is 12.0 Å². The van der Waals surface area contributed by atoms with E-state index in [4.69, 9.17) is 4.74 Å². The number of likely N-dealkylation sites (tertiary alicyclic amines) is 1. The molecule has 2 aromatic rings. The average Bonchev–Trinajstić information content (AvgIpc) is 3.33. The first kappa shape index (κ1) is 18.5. The molecule has 0 bridgehead atoms. The molecule has 1 amide bonds. The lowest BCUT2D eigenvalue weighted by Gasteiger charge is -2.23. The van der Waals surface area contributed by atoms with E-state index in [1.807, 2.05) is 42.5 Å². The van der Waals surface area contributed by atoms with Gasteiger partial charge in [0.2, 0.25) is 5.91 Å². The lowest BCUT2D eigenvalue weighted by atomic mass is 9.90. The van der Waals surface area contributed by atoms with Crippen molar-refractivity contribution in [3.63, 3.8) is 0 Å². The molecule has 1 aliphatic carbocycles. The Morgan fingerprint density at radius 3 is 2.36 bits per heavy atom. The summed E-state index contributed by atoms with van der Waals surface area (Å²) in [5, 5.41) is 9.28. The summed E-state index contributed by atoms with van der Waals surface area (Å²) >= 11 is 0. The lowest BCUT2D eigenvalue weighted by molar-refractivity contribution is -0.148. The summed E-state index contributed by atoms with van der Waals surface area (Å²) in [6.07, 6.45) is 4.66. The molecule has 0 radical (unpaired) electrons. The van der Waals surface area contributed by atoms with Crippen molar-refractivity contribution in [3.05, 3.63) is 60.2 Å². The third-order valence-electron chi connectivity index (χ3n) is 5.97. The van der Waals surface area contributed by atoms with Gasteiger partial charge in [-0.05, 0) is 67.3 Å². The fourth-order valence-corrected chi connectivity index (χ4v) is 4.15. The minimum absolute atomic E-state index is 0.0276.